The van der Waals surface area contributed by atoms with Crippen molar-refractivity contribution in [3.63, 3.8) is 0 Å². The van der Waals surface area contributed by atoms with Gasteiger partial charge in [-0.3, -0.25) is 0 Å². The van der Waals surface area contributed by atoms with Crippen molar-refractivity contribution in [2.24, 2.45) is 11.7 Å². The summed E-state index contributed by atoms with van der Waals surface area (Å²) in [7, 11) is 0. The summed E-state index contributed by atoms with van der Waals surface area (Å²) in [4.78, 5) is 4.29. The van der Waals surface area contributed by atoms with Crippen molar-refractivity contribution in [2.75, 3.05) is 19.8 Å². The van der Waals surface area contributed by atoms with Gasteiger partial charge in [-0.15, -0.1) is 0 Å². The molecule has 2 aliphatic rings. The Morgan fingerprint density at radius 1 is 1.31 bits per heavy atom. The lowest BCUT2D eigenvalue weighted by Crippen LogP contribution is -2.23. The number of hydrogen-bond donors (Lipinski definition) is 1. The van der Waals surface area contributed by atoms with Gasteiger partial charge >= 0.3 is 0 Å². The SMILES string of the molecule is NC(c1nc(C2COCCO2)no1)C1CC1. The van der Waals surface area contributed by atoms with E-state index in [4.69, 9.17) is 19.7 Å². The Kier molecular flexibility index (Phi) is 2.62. The molecule has 1 aromatic rings. The van der Waals surface area contributed by atoms with Crippen molar-refractivity contribution in [3.05, 3.63) is 11.7 Å². The zero-order valence-electron chi connectivity index (χ0n) is 8.96. The van der Waals surface area contributed by atoms with Crippen molar-refractivity contribution in [1.29, 1.82) is 0 Å². The molecule has 1 saturated heterocycles. The number of nitrogens with two attached hydrogens (primary N) is 1. The van der Waals surface area contributed by atoms with Crippen LogP contribution >= 0.6 is 0 Å². The molecule has 6 heteroatoms. The summed E-state index contributed by atoms with van der Waals surface area (Å²) >= 11 is 0. The van der Waals surface area contributed by atoms with Crippen LogP contribution in [0.25, 0.3) is 0 Å². The molecule has 2 fully saturated rings. The third-order valence-corrected chi connectivity index (χ3v) is 2.98. The summed E-state index contributed by atoms with van der Waals surface area (Å²) in [6.45, 7) is 1.68. The normalized spacial score (nSPS) is 27.9. The molecule has 1 aliphatic heterocycles. The summed E-state index contributed by atoms with van der Waals surface area (Å²) in [6, 6.07) is -0.120. The fourth-order valence-corrected chi connectivity index (χ4v) is 1.81. The molecule has 1 saturated carbocycles. The molecule has 2 N–H and O–H groups in total. The van der Waals surface area contributed by atoms with Crippen molar-refractivity contribution in [3.8, 4) is 0 Å². The Morgan fingerprint density at radius 2 is 2.19 bits per heavy atom. The second-order valence-corrected chi connectivity index (χ2v) is 4.29. The molecule has 3 rings (SSSR count). The van der Waals surface area contributed by atoms with E-state index in [1.54, 1.807) is 0 Å². The third kappa shape index (κ3) is 1.95. The predicted octanol–water partition coefficient (Wildman–Crippen LogP) is 0.567. The highest BCUT2D eigenvalue weighted by molar-refractivity contribution is 5.00. The molecule has 0 amide bonds. The smallest absolute Gasteiger partial charge is 0.243 e. The van der Waals surface area contributed by atoms with Gasteiger partial charge in [0, 0.05) is 0 Å². The minimum absolute atomic E-state index is 0.120. The molecule has 88 valence electrons. The van der Waals surface area contributed by atoms with Crippen LogP contribution in [0.1, 0.15) is 36.7 Å². The topological polar surface area (TPSA) is 83.4 Å². The largest absolute Gasteiger partial charge is 0.376 e. The van der Waals surface area contributed by atoms with Crippen molar-refractivity contribution in [1.82, 2.24) is 10.1 Å². The van der Waals surface area contributed by atoms with Crippen LogP contribution in [0, 0.1) is 5.92 Å². The molecule has 2 heterocycles. The van der Waals surface area contributed by atoms with Crippen LogP contribution in [0.5, 0.6) is 0 Å². The molecular formula is C10H15N3O3. The Balaban J connectivity index is 1.70. The molecule has 6 nitrogen and oxygen atoms in total. The molecule has 0 bridgehead atoms. The van der Waals surface area contributed by atoms with Gasteiger partial charge < -0.3 is 19.7 Å². The lowest BCUT2D eigenvalue weighted by Gasteiger charge is -2.19. The number of aromatic nitrogens is 2. The number of ether oxygens (including phenoxy) is 2. The first-order chi connectivity index (χ1) is 7.84. The summed E-state index contributed by atoms with van der Waals surface area (Å²) in [6.07, 6.45) is 2.10. The molecule has 0 spiro atoms. The molecule has 16 heavy (non-hydrogen) atoms. The number of hydrogen-bond acceptors (Lipinski definition) is 6. The van der Waals surface area contributed by atoms with Crippen LogP contribution in [-0.4, -0.2) is 30.0 Å². The number of nitrogens with zero attached hydrogens (tertiary/aromatic N) is 2. The van der Waals surface area contributed by atoms with Gasteiger partial charge in [0.05, 0.1) is 25.9 Å². The highest BCUT2D eigenvalue weighted by Gasteiger charge is 2.34. The van der Waals surface area contributed by atoms with E-state index in [-0.39, 0.29) is 12.1 Å². The summed E-state index contributed by atoms with van der Waals surface area (Å²) < 4.78 is 15.9. The number of rotatable bonds is 3. The van der Waals surface area contributed by atoms with Crippen LogP contribution < -0.4 is 5.73 Å². The highest BCUT2D eigenvalue weighted by Crippen LogP contribution is 2.39. The predicted molar refractivity (Wildman–Crippen MR) is 53.5 cm³/mol. The van der Waals surface area contributed by atoms with E-state index in [2.05, 4.69) is 10.1 Å². The Morgan fingerprint density at radius 3 is 2.88 bits per heavy atom. The van der Waals surface area contributed by atoms with Crippen LogP contribution in [0.15, 0.2) is 4.52 Å². The monoisotopic (exact) mass is 225 g/mol. The first kappa shape index (κ1) is 10.2. The lowest BCUT2D eigenvalue weighted by molar-refractivity contribution is -0.0941. The molecule has 1 aromatic heterocycles. The molecule has 2 unspecified atom stereocenters. The van der Waals surface area contributed by atoms with Crippen molar-refractivity contribution < 1.29 is 14.0 Å². The second-order valence-electron chi connectivity index (χ2n) is 4.29. The van der Waals surface area contributed by atoms with Crippen LogP contribution in [0.3, 0.4) is 0 Å². The van der Waals surface area contributed by atoms with E-state index < -0.39 is 0 Å². The summed E-state index contributed by atoms with van der Waals surface area (Å²) in [5.74, 6) is 1.58. The van der Waals surface area contributed by atoms with Crippen molar-refractivity contribution >= 4 is 0 Å². The molecule has 0 radical (unpaired) electrons. The minimum Gasteiger partial charge on any atom is -0.376 e. The van der Waals surface area contributed by atoms with Gasteiger partial charge in [-0.1, -0.05) is 5.16 Å². The zero-order valence-corrected chi connectivity index (χ0v) is 8.96. The molecule has 1 aliphatic carbocycles. The van der Waals surface area contributed by atoms with E-state index >= 15 is 0 Å². The van der Waals surface area contributed by atoms with Gasteiger partial charge in [-0.2, -0.15) is 4.98 Å². The average Bonchev–Trinajstić information content (AvgIpc) is 3.07. The summed E-state index contributed by atoms with van der Waals surface area (Å²) in [5, 5.41) is 3.90. The van der Waals surface area contributed by atoms with E-state index in [9.17, 15) is 0 Å². The van der Waals surface area contributed by atoms with Crippen molar-refractivity contribution in [2.45, 2.75) is 25.0 Å². The van der Waals surface area contributed by atoms with Gasteiger partial charge in [0.1, 0.15) is 6.10 Å². The lowest BCUT2D eigenvalue weighted by atomic mass is 10.2. The second kappa shape index (κ2) is 4.12. The van der Waals surface area contributed by atoms with Gasteiger partial charge in [0.2, 0.25) is 11.7 Å². The Labute approximate surface area is 93.1 Å². The van der Waals surface area contributed by atoms with Crippen LogP contribution in [0.2, 0.25) is 0 Å². The van der Waals surface area contributed by atoms with Gasteiger partial charge in [0.25, 0.3) is 0 Å². The van der Waals surface area contributed by atoms with E-state index in [1.165, 1.54) is 0 Å². The Hall–Kier alpha value is -0.980. The van der Waals surface area contributed by atoms with Crippen LogP contribution in [0.4, 0.5) is 0 Å². The minimum atomic E-state index is -0.211. The van der Waals surface area contributed by atoms with Gasteiger partial charge in [0.15, 0.2) is 0 Å². The van der Waals surface area contributed by atoms with Gasteiger partial charge in [-0.05, 0) is 18.8 Å². The summed E-state index contributed by atoms with van der Waals surface area (Å²) in [5.41, 5.74) is 5.97. The zero-order chi connectivity index (χ0) is 11.0. The standard InChI is InChI=1S/C10H15N3O3/c11-8(6-1-2-6)10-12-9(13-16-10)7-5-14-3-4-15-7/h6-8H,1-5,11H2. The molecular weight excluding hydrogens is 210 g/mol. The maximum atomic E-state index is 5.97. The van der Waals surface area contributed by atoms with E-state index in [0.29, 0.717) is 37.5 Å². The highest BCUT2D eigenvalue weighted by atomic mass is 16.6. The molecule has 0 aromatic carbocycles. The van der Waals surface area contributed by atoms with E-state index in [1.807, 2.05) is 0 Å². The first-order valence-corrected chi connectivity index (χ1v) is 5.63. The van der Waals surface area contributed by atoms with Crippen LogP contribution in [-0.2, 0) is 9.47 Å². The first-order valence-electron chi connectivity index (χ1n) is 5.63. The fourth-order valence-electron chi connectivity index (χ4n) is 1.81. The fraction of sp³-hybridized carbons (Fsp3) is 0.800. The maximum Gasteiger partial charge on any atom is 0.243 e. The maximum absolute atomic E-state index is 5.97. The third-order valence-electron chi connectivity index (χ3n) is 2.98. The Bertz CT molecular complexity index is 358. The molecule has 2 atom stereocenters. The average molecular weight is 225 g/mol. The quantitative estimate of drug-likeness (QED) is 0.809. The van der Waals surface area contributed by atoms with E-state index in [0.717, 1.165) is 12.8 Å². The van der Waals surface area contributed by atoms with Gasteiger partial charge in [-0.25, -0.2) is 0 Å².